The Kier molecular flexibility index (Phi) is 3.45. The van der Waals surface area contributed by atoms with E-state index in [1.165, 1.54) is 14.0 Å². The van der Waals surface area contributed by atoms with Crippen LogP contribution in [-0.4, -0.2) is 47.4 Å². The van der Waals surface area contributed by atoms with Gasteiger partial charge in [-0.05, 0) is 55.7 Å². The summed E-state index contributed by atoms with van der Waals surface area (Å²) in [5.74, 6) is -2.71. The van der Waals surface area contributed by atoms with Crippen LogP contribution in [0.2, 0.25) is 0 Å². The van der Waals surface area contributed by atoms with Crippen molar-refractivity contribution in [2.45, 2.75) is 56.8 Å². The summed E-state index contributed by atoms with van der Waals surface area (Å²) in [7, 11) is 1.34. The van der Waals surface area contributed by atoms with Gasteiger partial charge in [0.2, 0.25) is 0 Å². The number of carbonyl (C=O) groups excluding carboxylic acids is 3. The van der Waals surface area contributed by atoms with Gasteiger partial charge < -0.3 is 19.3 Å². The van der Waals surface area contributed by atoms with E-state index >= 15 is 0 Å². The van der Waals surface area contributed by atoms with Gasteiger partial charge in [-0.3, -0.25) is 14.4 Å². The molecule has 0 radical (unpaired) electrons. The van der Waals surface area contributed by atoms with Gasteiger partial charge >= 0.3 is 17.9 Å². The summed E-state index contributed by atoms with van der Waals surface area (Å²) < 4.78 is 16.8. The molecule has 0 aromatic carbocycles. The van der Waals surface area contributed by atoms with Crippen LogP contribution in [0.1, 0.15) is 39.5 Å². The molecule has 4 bridgehead atoms. The molecule has 0 aromatic rings. The number of ether oxygens (including phenoxy) is 3. The maximum atomic E-state index is 13.2. The molecule has 1 aliphatic heterocycles. The van der Waals surface area contributed by atoms with Crippen molar-refractivity contribution in [1.82, 2.24) is 0 Å². The van der Waals surface area contributed by atoms with Crippen molar-refractivity contribution >= 4 is 17.9 Å². The van der Waals surface area contributed by atoms with Crippen molar-refractivity contribution in [2.75, 3.05) is 7.11 Å². The fraction of sp³-hybridized carbons (Fsp3) is 0.682. The molecule has 7 nitrogen and oxygen atoms in total. The fourth-order valence-electron chi connectivity index (χ4n) is 7.57. The van der Waals surface area contributed by atoms with E-state index < -0.39 is 57.9 Å². The first-order chi connectivity index (χ1) is 13.5. The maximum absolute atomic E-state index is 13.2. The van der Waals surface area contributed by atoms with E-state index in [2.05, 4.69) is 6.58 Å². The monoisotopic (exact) mass is 402 g/mol. The first-order valence-electron chi connectivity index (χ1n) is 10.1. The van der Waals surface area contributed by atoms with Crippen LogP contribution < -0.4 is 0 Å². The number of fused-ring (bicyclic) bond motifs is 1. The zero-order valence-electron chi connectivity index (χ0n) is 16.9. The van der Waals surface area contributed by atoms with E-state index in [-0.39, 0.29) is 5.92 Å². The lowest BCUT2D eigenvalue weighted by Crippen LogP contribution is -2.52. The van der Waals surface area contributed by atoms with Gasteiger partial charge in [0, 0.05) is 18.8 Å². The van der Waals surface area contributed by atoms with E-state index in [0.29, 0.717) is 25.7 Å². The first-order valence-corrected chi connectivity index (χ1v) is 10.1. The number of hydrogen-bond donors (Lipinski definition) is 1. The lowest BCUT2D eigenvalue weighted by atomic mass is 9.61. The molecule has 1 N–H and O–H groups in total. The van der Waals surface area contributed by atoms with E-state index in [9.17, 15) is 19.5 Å². The zero-order valence-corrected chi connectivity index (χ0v) is 16.9. The van der Waals surface area contributed by atoms with Crippen molar-refractivity contribution in [1.29, 1.82) is 0 Å². The van der Waals surface area contributed by atoms with Crippen molar-refractivity contribution in [3.63, 3.8) is 0 Å². The molecule has 4 fully saturated rings. The second-order valence-corrected chi connectivity index (χ2v) is 9.71. The van der Waals surface area contributed by atoms with Gasteiger partial charge in [0.25, 0.3) is 0 Å². The van der Waals surface area contributed by atoms with Gasteiger partial charge in [-0.1, -0.05) is 6.58 Å². The molecule has 5 rings (SSSR count). The molecule has 0 aromatic heterocycles. The van der Waals surface area contributed by atoms with Crippen LogP contribution in [-0.2, 0) is 28.6 Å². The number of methoxy groups -OCH3 is 1. The quantitative estimate of drug-likeness (QED) is 0.426. The molecule has 5 aliphatic rings. The van der Waals surface area contributed by atoms with Crippen LogP contribution in [0.15, 0.2) is 24.3 Å². The number of rotatable bonds is 2. The van der Waals surface area contributed by atoms with E-state index in [0.717, 1.165) is 5.57 Å². The van der Waals surface area contributed by atoms with E-state index in [4.69, 9.17) is 14.2 Å². The van der Waals surface area contributed by atoms with Crippen molar-refractivity contribution in [2.24, 2.45) is 28.6 Å². The number of carbonyl (C=O) groups is 3. The molecule has 4 aliphatic carbocycles. The Balaban J connectivity index is 1.73. The second-order valence-electron chi connectivity index (χ2n) is 9.71. The van der Waals surface area contributed by atoms with Gasteiger partial charge in [0.1, 0.15) is 17.1 Å². The van der Waals surface area contributed by atoms with Crippen LogP contribution in [0.3, 0.4) is 0 Å². The molecular weight excluding hydrogens is 376 g/mol. The van der Waals surface area contributed by atoms with E-state index in [1.807, 2.05) is 6.08 Å². The molecule has 7 heteroatoms. The highest BCUT2D eigenvalue weighted by molar-refractivity contribution is 5.87. The largest absolute Gasteiger partial charge is 0.469 e. The Morgan fingerprint density at radius 3 is 2.76 bits per heavy atom. The smallest absolute Gasteiger partial charge is 0.317 e. The van der Waals surface area contributed by atoms with E-state index in [1.54, 1.807) is 13.0 Å². The Labute approximate surface area is 169 Å². The summed E-state index contributed by atoms with van der Waals surface area (Å²) in [6, 6.07) is 0. The summed E-state index contributed by atoms with van der Waals surface area (Å²) in [5, 5.41) is 11.1. The molecule has 29 heavy (non-hydrogen) atoms. The molecule has 0 amide bonds. The highest BCUT2D eigenvalue weighted by atomic mass is 16.6. The maximum Gasteiger partial charge on any atom is 0.317 e. The Hall–Kier alpha value is -2.15. The summed E-state index contributed by atoms with van der Waals surface area (Å²) in [4.78, 5) is 38.1. The normalized spacial score (nSPS) is 51.3. The van der Waals surface area contributed by atoms with Crippen LogP contribution in [0.4, 0.5) is 0 Å². The summed E-state index contributed by atoms with van der Waals surface area (Å²) in [5.41, 5.74) is -3.03. The molecule has 3 saturated carbocycles. The molecule has 1 saturated heterocycles. The lowest BCUT2D eigenvalue weighted by Gasteiger charge is -2.44. The highest BCUT2D eigenvalue weighted by Crippen LogP contribution is 2.77. The summed E-state index contributed by atoms with van der Waals surface area (Å²) in [6.45, 7) is 7.13. The van der Waals surface area contributed by atoms with Gasteiger partial charge in [-0.2, -0.15) is 0 Å². The predicted octanol–water partition coefficient (Wildman–Crippen LogP) is 1.69. The first kappa shape index (κ1) is 18.9. The van der Waals surface area contributed by atoms with Crippen molar-refractivity contribution in [3.05, 3.63) is 24.3 Å². The van der Waals surface area contributed by atoms with Crippen LogP contribution in [0, 0.1) is 28.6 Å². The number of hydrogen-bond acceptors (Lipinski definition) is 7. The van der Waals surface area contributed by atoms with Crippen LogP contribution in [0.25, 0.3) is 0 Å². The highest BCUT2D eigenvalue weighted by Gasteiger charge is 2.84. The van der Waals surface area contributed by atoms with Gasteiger partial charge in [-0.15, -0.1) is 0 Å². The number of esters is 3. The third-order valence-corrected chi connectivity index (χ3v) is 8.57. The second kappa shape index (κ2) is 5.31. The van der Waals surface area contributed by atoms with Crippen LogP contribution in [0.5, 0.6) is 0 Å². The minimum absolute atomic E-state index is 0.135. The molecule has 1 spiro atoms. The fourth-order valence-corrected chi connectivity index (χ4v) is 7.57. The third-order valence-electron chi connectivity index (χ3n) is 8.57. The summed E-state index contributed by atoms with van der Waals surface area (Å²) >= 11 is 0. The SMILES string of the molecule is C=C1CC23CC1(O)CCC2C12C=CC(OC(C)=O)C(C)(C(=O)O1)C2C3C(=O)OC. The van der Waals surface area contributed by atoms with Gasteiger partial charge in [-0.25, -0.2) is 0 Å². The summed E-state index contributed by atoms with van der Waals surface area (Å²) in [6.07, 6.45) is 4.79. The Morgan fingerprint density at radius 2 is 2.10 bits per heavy atom. The number of aliphatic hydroxyl groups is 1. The standard InChI is InChI=1S/C22H26O7/c1-11-9-20-10-21(11,26)7-5-13(20)22-8-6-14(28-12(2)23)19(3,18(25)29-22)16(22)15(20)17(24)27-4/h6,8,13-16,26H,1,5,7,9-10H2,2-4H3. The van der Waals surface area contributed by atoms with Crippen LogP contribution >= 0.6 is 0 Å². The minimum Gasteiger partial charge on any atom is -0.469 e. The molecule has 8 unspecified atom stereocenters. The average Bonchev–Trinajstić information content (AvgIpc) is 3.07. The van der Waals surface area contributed by atoms with Gasteiger partial charge in [0.15, 0.2) is 0 Å². The molecular formula is C22H26O7. The molecule has 8 atom stereocenters. The molecule has 1 heterocycles. The Morgan fingerprint density at radius 1 is 1.38 bits per heavy atom. The molecule has 156 valence electrons. The Bertz CT molecular complexity index is 892. The zero-order chi connectivity index (χ0) is 21.0. The lowest BCUT2D eigenvalue weighted by molar-refractivity contribution is -0.168. The third kappa shape index (κ3) is 1.91. The average molecular weight is 402 g/mol. The minimum atomic E-state index is -1.20. The van der Waals surface area contributed by atoms with Crippen molar-refractivity contribution in [3.8, 4) is 0 Å². The predicted molar refractivity (Wildman–Crippen MR) is 99.1 cm³/mol. The van der Waals surface area contributed by atoms with Crippen molar-refractivity contribution < 1.29 is 33.7 Å². The van der Waals surface area contributed by atoms with Gasteiger partial charge in [0.05, 0.1) is 18.6 Å². The topological polar surface area (TPSA) is 99.1 Å².